The monoisotopic (exact) mass is 408 g/mol. The number of hydrogen-bond acceptors (Lipinski definition) is 5. The Morgan fingerprint density at radius 1 is 0.962 bits per heavy atom. The SMILES string of the molecule is CCc1ccc(CS(=O)(=O)c2ccccc2)cc1OS(=O)(=O)C(F)(F)F. The fourth-order valence-corrected chi connectivity index (χ4v) is 4.00. The van der Waals surface area contributed by atoms with Gasteiger partial charge in [-0.15, -0.1) is 0 Å². The van der Waals surface area contributed by atoms with Crippen molar-refractivity contribution < 1.29 is 34.2 Å². The molecule has 0 bridgehead atoms. The molecule has 0 fully saturated rings. The number of sulfone groups is 1. The van der Waals surface area contributed by atoms with Gasteiger partial charge in [-0.1, -0.05) is 37.3 Å². The van der Waals surface area contributed by atoms with Crippen LogP contribution >= 0.6 is 0 Å². The van der Waals surface area contributed by atoms with E-state index in [0.717, 1.165) is 6.07 Å². The van der Waals surface area contributed by atoms with E-state index in [9.17, 15) is 30.0 Å². The van der Waals surface area contributed by atoms with Gasteiger partial charge in [0.2, 0.25) is 0 Å². The molecule has 0 amide bonds. The van der Waals surface area contributed by atoms with Gasteiger partial charge in [-0.05, 0) is 35.7 Å². The third kappa shape index (κ3) is 4.55. The van der Waals surface area contributed by atoms with Crippen molar-refractivity contribution in [2.75, 3.05) is 0 Å². The van der Waals surface area contributed by atoms with Gasteiger partial charge in [-0.25, -0.2) is 8.42 Å². The highest BCUT2D eigenvalue weighted by Crippen LogP contribution is 2.30. The summed E-state index contributed by atoms with van der Waals surface area (Å²) in [6.07, 6.45) is 0.203. The Morgan fingerprint density at radius 2 is 1.58 bits per heavy atom. The van der Waals surface area contributed by atoms with Gasteiger partial charge in [0.25, 0.3) is 0 Å². The van der Waals surface area contributed by atoms with Gasteiger partial charge in [-0.2, -0.15) is 21.6 Å². The van der Waals surface area contributed by atoms with Crippen LogP contribution in [0.5, 0.6) is 5.75 Å². The van der Waals surface area contributed by atoms with E-state index in [0.29, 0.717) is 0 Å². The van der Waals surface area contributed by atoms with Gasteiger partial charge in [0, 0.05) is 0 Å². The third-order valence-corrected chi connectivity index (χ3v) is 6.12. The lowest BCUT2D eigenvalue weighted by atomic mass is 10.1. The summed E-state index contributed by atoms with van der Waals surface area (Å²) >= 11 is 0. The highest BCUT2D eigenvalue weighted by Gasteiger charge is 2.48. The minimum Gasteiger partial charge on any atom is -0.376 e. The summed E-state index contributed by atoms with van der Waals surface area (Å²) in [7, 11) is -9.59. The van der Waals surface area contributed by atoms with Gasteiger partial charge >= 0.3 is 15.6 Å². The molecule has 2 aromatic rings. The molecule has 5 nitrogen and oxygen atoms in total. The van der Waals surface area contributed by atoms with Crippen molar-refractivity contribution in [3.8, 4) is 5.75 Å². The molecule has 2 rings (SSSR count). The van der Waals surface area contributed by atoms with Crippen molar-refractivity contribution in [1.29, 1.82) is 0 Å². The molecule has 26 heavy (non-hydrogen) atoms. The smallest absolute Gasteiger partial charge is 0.376 e. The molecule has 142 valence electrons. The second kappa shape index (κ2) is 7.28. The first-order chi connectivity index (χ1) is 12.0. The van der Waals surface area contributed by atoms with Crippen LogP contribution in [0, 0.1) is 0 Å². The standard InChI is InChI=1S/C16H15F3O5S2/c1-2-13-9-8-12(10-15(13)24-26(22,23)16(17,18)19)11-25(20,21)14-6-4-3-5-7-14/h3-10H,2,11H2,1H3. The maximum absolute atomic E-state index is 12.5. The molecule has 0 heterocycles. The van der Waals surface area contributed by atoms with Gasteiger partial charge < -0.3 is 4.18 Å². The topological polar surface area (TPSA) is 77.5 Å². The number of aryl methyl sites for hydroxylation is 1. The van der Waals surface area contributed by atoms with E-state index in [-0.39, 0.29) is 22.4 Å². The van der Waals surface area contributed by atoms with E-state index in [1.807, 2.05) is 0 Å². The summed E-state index contributed by atoms with van der Waals surface area (Å²) in [5.74, 6) is -1.05. The largest absolute Gasteiger partial charge is 0.534 e. The lowest BCUT2D eigenvalue weighted by Crippen LogP contribution is -2.28. The van der Waals surface area contributed by atoms with Crippen molar-refractivity contribution in [2.24, 2.45) is 0 Å². The van der Waals surface area contributed by atoms with E-state index >= 15 is 0 Å². The van der Waals surface area contributed by atoms with E-state index in [4.69, 9.17) is 0 Å². The minimum absolute atomic E-state index is 0.0462. The summed E-state index contributed by atoms with van der Waals surface area (Å²) < 4.78 is 89.0. The normalized spacial score (nSPS) is 12.8. The lowest BCUT2D eigenvalue weighted by Gasteiger charge is -2.14. The maximum Gasteiger partial charge on any atom is 0.534 e. The molecule has 10 heteroatoms. The van der Waals surface area contributed by atoms with E-state index in [1.54, 1.807) is 13.0 Å². The molecule has 0 saturated heterocycles. The molecule has 0 radical (unpaired) electrons. The Balaban J connectivity index is 2.39. The van der Waals surface area contributed by atoms with E-state index < -0.39 is 37.0 Å². The lowest BCUT2D eigenvalue weighted by molar-refractivity contribution is -0.0500. The van der Waals surface area contributed by atoms with Crippen molar-refractivity contribution in [1.82, 2.24) is 0 Å². The van der Waals surface area contributed by atoms with Crippen LogP contribution in [0.2, 0.25) is 0 Å². The second-order valence-electron chi connectivity index (χ2n) is 5.35. The first-order valence-corrected chi connectivity index (χ1v) is 10.4. The molecule has 0 aliphatic heterocycles. The van der Waals surface area contributed by atoms with Crippen molar-refractivity contribution in [3.63, 3.8) is 0 Å². The Hall–Kier alpha value is -2.07. The highest BCUT2D eigenvalue weighted by atomic mass is 32.2. The van der Waals surface area contributed by atoms with Crippen molar-refractivity contribution in [2.45, 2.75) is 29.5 Å². The molecule has 0 atom stereocenters. The summed E-state index contributed by atoms with van der Waals surface area (Å²) in [5, 5.41) is 0. The van der Waals surface area contributed by atoms with Crippen LogP contribution in [0.4, 0.5) is 13.2 Å². The molecule has 0 unspecified atom stereocenters. The second-order valence-corrected chi connectivity index (χ2v) is 8.88. The van der Waals surface area contributed by atoms with Crippen LogP contribution in [0.3, 0.4) is 0 Å². The average Bonchev–Trinajstić information content (AvgIpc) is 2.54. The molecular weight excluding hydrogens is 393 g/mol. The van der Waals surface area contributed by atoms with E-state index in [2.05, 4.69) is 4.18 Å². The van der Waals surface area contributed by atoms with Gasteiger partial charge in [0.15, 0.2) is 9.84 Å². The van der Waals surface area contributed by atoms with Crippen LogP contribution in [0.15, 0.2) is 53.4 Å². The molecule has 0 saturated carbocycles. The first-order valence-electron chi connectivity index (χ1n) is 7.36. The summed E-state index contributed by atoms with van der Waals surface area (Å²) in [6, 6.07) is 11.3. The maximum atomic E-state index is 12.5. The number of alkyl halides is 3. The van der Waals surface area contributed by atoms with Crippen LogP contribution in [0.1, 0.15) is 18.1 Å². The Kier molecular flexibility index (Phi) is 5.67. The molecule has 0 spiro atoms. The Bertz CT molecular complexity index is 982. The fraction of sp³-hybridized carbons (Fsp3) is 0.250. The quantitative estimate of drug-likeness (QED) is 0.540. The molecule has 0 aliphatic rings. The summed E-state index contributed by atoms with van der Waals surface area (Å²) in [4.78, 5) is 0.0462. The minimum atomic E-state index is -5.85. The third-order valence-electron chi connectivity index (χ3n) is 3.45. The van der Waals surface area contributed by atoms with Crippen molar-refractivity contribution in [3.05, 3.63) is 59.7 Å². The average molecular weight is 408 g/mol. The van der Waals surface area contributed by atoms with Crippen LogP contribution in [0.25, 0.3) is 0 Å². The number of hydrogen-bond donors (Lipinski definition) is 0. The predicted molar refractivity (Wildman–Crippen MR) is 88.8 cm³/mol. The predicted octanol–water partition coefficient (Wildman–Crippen LogP) is 3.45. The Labute approximate surface area is 149 Å². The fourth-order valence-electron chi connectivity index (χ4n) is 2.15. The molecule has 0 aromatic heterocycles. The summed E-state index contributed by atoms with van der Waals surface area (Å²) in [6.45, 7) is 1.60. The van der Waals surface area contributed by atoms with Crippen molar-refractivity contribution >= 4 is 20.0 Å². The summed E-state index contributed by atoms with van der Waals surface area (Å²) in [5.41, 5.74) is -5.26. The zero-order valence-corrected chi connectivity index (χ0v) is 15.2. The zero-order chi connectivity index (χ0) is 19.6. The molecule has 0 aliphatic carbocycles. The van der Waals surface area contributed by atoms with Crippen LogP contribution in [-0.4, -0.2) is 22.3 Å². The van der Waals surface area contributed by atoms with Gasteiger partial charge in [-0.3, -0.25) is 0 Å². The molecular formula is C16H15F3O5S2. The van der Waals surface area contributed by atoms with Gasteiger partial charge in [0.1, 0.15) is 5.75 Å². The number of halogens is 3. The zero-order valence-electron chi connectivity index (χ0n) is 13.5. The van der Waals surface area contributed by atoms with E-state index in [1.165, 1.54) is 36.4 Å². The Morgan fingerprint density at radius 3 is 2.12 bits per heavy atom. The van der Waals surface area contributed by atoms with Crippen LogP contribution < -0.4 is 4.18 Å². The van der Waals surface area contributed by atoms with Gasteiger partial charge in [0.05, 0.1) is 10.6 Å². The van der Waals surface area contributed by atoms with Crippen LogP contribution in [-0.2, 0) is 32.1 Å². The highest BCUT2D eigenvalue weighted by molar-refractivity contribution is 7.90. The first kappa shape index (κ1) is 20.2. The number of rotatable bonds is 6. The number of benzene rings is 2. The molecule has 0 N–H and O–H groups in total. The molecule has 2 aromatic carbocycles.